The van der Waals surface area contributed by atoms with Gasteiger partial charge >= 0.3 is 0 Å². The summed E-state index contributed by atoms with van der Waals surface area (Å²) in [7, 11) is 0. The summed E-state index contributed by atoms with van der Waals surface area (Å²) in [6, 6.07) is -0.203. The Bertz CT molecular complexity index is 366. The fourth-order valence-corrected chi connectivity index (χ4v) is 2.14. The van der Waals surface area contributed by atoms with Gasteiger partial charge < -0.3 is 15.8 Å². The number of thiazole rings is 1. The van der Waals surface area contributed by atoms with Crippen molar-refractivity contribution in [3.8, 4) is 0 Å². The lowest BCUT2D eigenvalue weighted by atomic mass is 10.0. The van der Waals surface area contributed by atoms with E-state index >= 15 is 0 Å². The Morgan fingerprint density at radius 1 is 1.73 bits per heavy atom. The molecule has 1 aliphatic rings. The Hall–Kier alpha value is -0.980. The predicted molar refractivity (Wildman–Crippen MR) is 57.8 cm³/mol. The van der Waals surface area contributed by atoms with Gasteiger partial charge in [0.1, 0.15) is 0 Å². The molecular weight excluding hydrogens is 214 g/mol. The summed E-state index contributed by atoms with van der Waals surface area (Å²) < 4.78 is 5.13. The van der Waals surface area contributed by atoms with Crippen LogP contribution in [-0.4, -0.2) is 30.1 Å². The molecule has 0 aliphatic carbocycles. The summed E-state index contributed by atoms with van der Waals surface area (Å²) in [6.45, 7) is 2.74. The van der Waals surface area contributed by atoms with Crippen molar-refractivity contribution >= 4 is 22.4 Å². The van der Waals surface area contributed by atoms with E-state index < -0.39 is 0 Å². The van der Waals surface area contributed by atoms with E-state index in [1.165, 1.54) is 11.3 Å². The molecule has 0 saturated carbocycles. The molecule has 15 heavy (non-hydrogen) atoms. The maximum atomic E-state index is 11.7. The number of ether oxygens (including phenoxy) is 1. The Balaban J connectivity index is 1.97. The number of carbonyl (C=O) groups is 1. The quantitative estimate of drug-likeness (QED) is 0.765. The van der Waals surface area contributed by atoms with E-state index in [1.54, 1.807) is 0 Å². The Morgan fingerprint density at radius 3 is 3.07 bits per heavy atom. The number of hydrogen-bond acceptors (Lipinski definition) is 5. The number of rotatable bonds is 2. The van der Waals surface area contributed by atoms with Crippen LogP contribution in [0.5, 0.6) is 0 Å². The van der Waals surface area contributed by atoms with Gasteiger partial charge in [-0.15, -0.1) is 11.3 Å². The van der Waals surface area contributed by atoms with E-state index in [9.17, 15) is 4.79 Å². The molecule has 82 valence electrons. The summed E-state index contributed by atoms with van der Waals surface area (Å²) in [4.78, 5) is 15.9. The lowest BCUT2D eigenvalue weighted by molar-refractivity contribution is -0.120. The maximum Gasteiger partial charge on any atom is 0.233 e. The Kier molecular flexibility index (Phi) is 2.99. The molecule has 1 aliphatic heterocycles. The van der Waals surface area contributed by atoms with E-state index in [1.807, 2.05) is 12.3 Å². The molecule has 1 aromatic rings. The zero-order valence-electron chi connectivity index (χ0n) is 8.40. The third-order valence-corrected chi connectivity index (χ3v) is 3.19. The average Bonchev–Trinajstić information content (AvgIpc) is 2.75. The first kappa shape index (κ1) is 10.5. The van der Waals surface area contributed by atoms with E-state index in [4.69, 9.17) is 10.5 Å². The lowest BCUT2D eigenvalue weighted by Crippen LogP contribution is -2.37. The number of amides is 1. The molecule has 2 rings (SSSR count). The molecule has 2 atom stereocenters. The van der Waals surface area contributed by atoms with Crippen LogP contribution in [0.15, 0.2) is 5.38 Å². The van der Waals surface area contributed by atoms with E-state index in [-0.39, 0.29) is 17.9 Å². The van der Waals surface area contributed by atoms with E-state index in [0.717, 1.165) is 5.69 Å². The Labute approximate surface area is 91.6 Å². The van der Waals surface area contributed by atoms with Crippen molar-refractivity contribution in [1.29, 1.82) is 0 Å². The highest BCUT2D eigenvalue weighted by Gasteiger charge is 2.31. The highest BCUT2D eigenvalue weighted by atomic mass is 32.1. The average molecular weight is 227 g/mol. The van der Waals surface area contributed by atoms with Gasteiger partial charge in [0.25, 0.3) is 0 Å². The molecule has 6 heteroatoms. The van der Waals surface area contributed by atoms with Gasteiger partial charge in [0.05, 0.1) is 24.8 Å². The summed E-state index contributed by atoms with van der Waals surface area (Å²) in [5, 5.41) is 5.25. The van der Waals surface area contributed by atoms with Crippen LogP contribution >= 0.6 is 11.3 Å². The third kappa shape index (κ3) is 2.34. The van der Waals surface area contributed by atoms with Crippen molar-refractivity contribution < 1.29 is 9.53 Å². The van der Waals surface area contributed by atoms with Gasteiger partial charge in [-0.3, -0.25) is 4.79 Å². The number of nitrogens with two attached hydrogens (primary N) is 1. The fourth-order valence-electron chi connectivity index (χ4n) is 1.45. The number of anilines is 1. The second kappa shape index (κ2) is 4.26. The first-order valence-corrected chi connectivity index (χ1v) is 5.61. The topological polar surface area (TPSA) is 77.2 Å². The number of nitrogens with zero attached hydrogens (tertiary/aromatic N) is 1. The molecule has 0 aromatic carbocycles. The van der Waals surface area contributed by atoms with Crippen LogP contribution in [0.2, 0.25) is 0 Å². The van der Waals surface area contributed by atoms with Crippen LogP contribution < -0.4 is 11.1 Å². The van der Waals surface area contributed by atoms with Gasteiger partial charge in [-0.25, -0.2) is 4.98 Å². The van der Waals surface area contributed by atoms with Crippen molar-refractivity contribution in [3.05, 3.63) is 11.1 Å². The maximum absolute atomic E-state index is 11.7. The van der Waals surface area contributed by atoms with Crippen molar-refractivity contribution in [2.45, 2.75) is 13.0 Å². The smallest absolute Gasteiger partial charge is 0.233 e. The monoisotopic (exact) mass is 227 g/mol. The van der Waals surface area contributed by atoms with Gasteiger partial charge in [-0.05, 0) is 6.92 Å². The molecule has 1 amide bonds. The zero-order valence-corrected chi connectivity index (χ0v) is 9.21. The number of nitrogens with one attached hydrogen (secondary N) is 1. The summed E-state index contributed by atoms with van der Waals surface area (Å²) >= 11 is 1.41. The second-order valence-corrected chi connectivity index (χ2v) is 4.45. The molecule has 1 aromatic heterocycles. The number of hydrogen-bond donors (Lipinski definition) is 2. The highest BCUT2D eigenvalue weighted by Crippen LogP contribution is 2.18. The minimum Gasteiger partial charge on any atom is -0.379 e. The Morgan fingerprint density at radius 2 is 2.53 bits per heavy atom. The van der Waals surface area contributed by atoms with Gasteiger partial charge in [0.15, 0.2) is 5.13 Å². The first-order valence-electron chi connectivity index (χ1n) is 4.73. The highest BCUT2D eigenvalue weighted by molar-refractivity contribution is 7.13. The predicted octanol–water partition coefficient (Wildman–Crippen LogP) is 0.364. The third-order valence-electron chi connectivity index (χ3n) is 2.31. The van der Waals surface area contributed by atoms with Gasteiger partial charge in [0.2, 0.25) is 5.91 Å². The van der Waals surface area contributed by atoms with Crippen LogP contribution in [-0.2, 0) is 9.53 Å². The standard InChI is InChI=1S/C9H13N3O2S/c1-5-4-15-9(11-5)12-8(13)6-2-14-3-7(6)10/h4,6-7H,2-3,10H2,1H3,(H,11,12,13). The van der Waals surface area contributed by atoms with Crippen molar-refractivity contribution in [2.75, 3.05) is 18.5 Å². The van der Waals surface area contributed by atoms with Crippen LogP contribution in [0, 0.1) is 12.8 Å². The summed E-state index contributed by atoms with van der Waals surface area (Å²) in [6.07, 6.45) is 0. The normalized spacial score (nSPS) is 25.5. The molecule has 1 saturated heterocycles. The molecule has 0 radical (unpaired) electrons. The minimum atomic E-state index is -0.255. The number of aryl methyl sites for hydroxylation is 1. The molecule has 0 bridgehead atoms. The van der Waals surface area contributed by atoms with Gasteiger partial charge in [-0.2, -0.15) is 0 Å². The summed E-state index contributed by atoms with van der Waals surface area (Å²) in [5.41, 5.74) is 6.64. The molecule has 2 unspecified atom stereocenters. The van der Waals surface area contributed by atoms with Crippen molar-refractivity contribution in [2.24, 2.45) is 11.7 Å². The zero-order chi connectivity index (χ0) is 10.8. The number of aromatic nitrogens is 1. The molecule has 1 fully saturated rings. The summed E-state index contributed by atoms with van der Waals surface area (Å²) in [5.74, 6) is -0.358. The van der Waals surface area contributed by atoms with Crippen molar-refractivity contribution in [3.63, 3.8) is 0 Å². The lowest BCUT2D eigenvalue weighted by Gasteiger charge is -2.11. The van der Waals surface area contributed by atoms with Gasteiger partial charge in [0, 0.05) is 11.4 Å². The molecular formula is C9H13N3O2S. The van der Waals surface area contributed by atoms with Crippen LogP contribution in [0.1, 0.15) is 5.69 Å². The SMILES string of the molecule is Cc1csc(NC(=O)C2COCC2N)n1. The molecule has 5 nitrogen and oxygen atoms in total. The molecule has 0 spiro atoms. The van der Waals surface area contributed by atoms with Crippen LogP contribution in [0.4, 0.5) is 5.13 Å². The first-order chi connectivity index (χ1) is 7.16. The van der Waals surface area contributed by atoms with E-state index in [0.29, 0.717) is 18.3 Å². The van der Waals surface area contributed by atoms with Crippen LogP contribution in [0.25, 0.3) is 0 Å². The largest absolute Gasteiger partial charge is 0.379 e. The molecule has 2 heterocycles. The molecule has 3 N–H and O–H groups in total. The fraction of sp³-hybridized carbons (Fsp3) is 0.556. The van der Waals surface area contributed by atoms with Crippen molar-refractivity contribution in [1.82, 2.24) is 4.98 Å². The minimum absolute atomic E-state index is 0.102. The number of carbonyl (C=O) groups excluding carboxylic acids is 1. The van der Waals surface area contributed by atoms with Crippen LogP contribution in [0.3, 0.4) is 0 Å². The second-order valence-electron chi connectivity index (χ2n) is 3.59. The van der Waals surface area contributed by atoms with Gasteiger partial charge in [-0.1, -0.05) is 0 Å². The van der Waals surface area contributed by atoms with E-state index in [2.05, 4.69) is 10.3 Å².